The topological polar surface area (TPSA) is 39.3 Å². The van der Waals surface area contributed by atoms with Crippen LogP contribution in [0.5, 0.6) is 0 Å². The van der Waals surface area contributed by atoms with Gasteiger partial charge in [-0.05, 0) is 58.2 Å². The van der Waals surface area contributed by atoms with Crippen LogP contribution in [0.2, 0.25) is 0 Å². The fourth-order valence-corrected chi connectivity index (χ4v) is 3.81. The molecule has 2 aromatic rings. The van der Waals surface area contributed by atoms with Crippen molar-refractivity contribution >= 4 is 16.8 Å². The molecule has 1 amide bonds. The van der Waals surface area contributed by atoms with E-state index in [2.05, 4.69) is 54.7 Å². The van der Waals surface area contributed by atoms with Gasteiger partial charge in [0, 0.05) is 42.3 Å². The van der Waals surface area contributed by atoms with Crippen LogP contribution in [-0.4, -0.2) is 53.4 Å². The average molecular weight is 341 g/mol. The Kier molecular flexibility index (Phi) is 5.48. The van der Waals surface area contributed by atoms with Crippen molar-refractivity contribution in [2.75, 3.05) is 26.7 Å². The minimum atomic E-state index is 0.267. The van der Waals surface area contributed by atoms with Crippen molar-refractivity contribution in [1.82, 2.24) is 14.8 Å². The molecule has 25 heavy (non-hydrogen) atoms. The molecule has 1 N–H and O–H groups in total. The molecule has 1 aliphatic heterocycles. The minimum absolute atomic E-state index is 0.267. The van der Waals surface area contributed by atoms with E-state index in [9.17, 15) is 4.79 Å². The van der Waals surface area contributed by atoms with Gasteiger partial charge in [0.2, 0.25) is 5.91 Å². The van der Waals surface area contributed by atoms with Gasteiger partial charge in [0.05, 0.1) is 6.42 Å². The number of hydrogen-bond acceptors (Lipinski definition) is 2. The maximum absolute atomic E-state index is 12.8. The standard InChI is InChI=1S/C21H31N3O/c1-15(2)23(4)14-17-9-11-24(12-10-17)21(25)13-19-16(3)22-20-8-6-5-7-18(19)20/h5-8,15,17,22H,9-14H2,1-4H3. The van der Waals surface area contributed by atoms with Crippen LogP contribution in [0.15, 0.2) is 24.3 Å². The van der Waals surface area contributed by atoms with Crippen LogP contribution < -0.4 is 0 Å². The Morgan fingerprint density at radius 1 is 1.28 bits per heavy atom. The van der Waals surface area contributed by atoms with E-state index in [1.54, 1.807) is 0 Å². The molecule has 1 aromatic carbocycles. The van der Waals surface area contributed by atoms with Crippen LogP contribution in [0.1, 0.15) is 37.9 Å². The molecule has 4 nitrogen and oxygen atoms in total. The lowest BCUT2D eigenvalue weighted by molar-refractivity contribution is -0.131. The van der Waals surface area contributed by atoms with E-state index in [0.29, 0.717) is 18.4 Å². The third-order valence-corrected chi connectivity index (χ3v) is 5.75. The first-order valence-electron chi connectivity index (χ1n) is 9.50. The third-order valence-electron chi connectivity index (χ3n) is 5.75. The number of hydrogen-bond donors (Lipinski definition) is 1. The predicted octanol–water partition coefficient (Wildman–Crippen LogP) is 3.60. The maximum atomic E-state index is 12.8. The lowest BCUT2D eigenvalue weighted by Gasteiger charge is -2.35. The summed E-state index contributed by atoms with van der Waals surface area (Å²) < 4.78 is 0. The number of fused-ring (bicyclic) bond motifs is 1. The molecule has 0 bridgehead atoms. The van der Waals surface area contributed by atoms with Crippen molar-refractivity contribution < 1.29 is 4.79 Å². The molecule has 2 heterocycles. The summed E-state index contributed by atoms with van der Waals surface area (Å²) in [7, 11) is 2.20. The molecule has 4 heteroatoms. The number of rotatable bonds is 5. The van der Waals surface area contributed by atoms with Crippen molar-refractivity contribution in [2.24, 2.45) is 5.92 Å². The molecule has 0 saturated carbocycles. The van der Waals surface area contributed by atoms with Gasteiger partial charge in [-0.15, -0.1) is 0 Å². The van der Waals surface area contributed by atoms with Gasteiger partial charge in [0.1, 0.15) is 0 Å². The number of benzene rings is 1. The Hall–Kier alpha value is -1.81. The molecule has 1 fully saturated rings. The van der Waals surface area contributed by atoms with E-state index in [4.69, 9.17) is 0 Å². The molecule has 1 aliphatic rings. The highest BCUT2D eigenvalue weighted by Crippen LogP contribution is 2.24. The van der Waals surface area contributed by atoms with Gasteiger partial charge >= 0.3 is 0 Å². The highest BCUT2D eigenvalue weighted by Gasteiger charge is 2.25. The predicted molar refractivity (Wildman–Crippen MR) is 104 cm³/mol. The zero-order valence-corrected chi connectivity index (χ0v) is 16.0. The summed E-state index contributed by atoms with van der Waals surface area (Å²) in [5.74, 6) is 0.981. The van der Waals surface area contributed by atoms with Crippen molar-refractivity contribution in [3.05, 3.63) is 35.5 Å². The fourth-order valence-electron chi connectivity index (χ4n) is 3.81. The minimum Gasteiger partial charge on any atom is -0.358 e. The van der Waals surface area contributed by atoms with E-state index < -0.39 is 0 Å². The first kappa shape index (κ1) is 18.0. The smallest absolute Gasteiger partial charge is 0.227 e. The third kappa shape index (κ3) is 4.06. The highest BCUT2D eigenvalue weighted by molar-refractivity contribution is 5.90. The van der Waals surface area contributed by atoms with Gasteiger partial charge in [-0.2, -0.15) is 0 Å². The summed E-state index contributed by atoms with van der Waals surface area (Å²) in [5, 5.41) is 1.18. The fraction of sp³-hybridized carbons (Fsp3) is 0.571. The number of aromatic amines is 1. The van der Waals surface area contributed by atoms with Gasteiger partial charge in [0.25, 0.3) is 0 Å². The number of H-pyrrole nitrogens is 1. The number of carbonyl (C=O) groups excluding carboxylic acids is 1. The number of nitrogens with zero attached hydrogens (tertiary/aromatic N) is 2. The Labute approximate surface area is 151 Å². The summed E-state index contributed by atoms with van der Waals surface area (Å²) in [5.41, 5.74) is 3.39. The Balaban J connectivity index is 1.59. The maximum Gasteiger partial charge on any atom is 0.227 e. The van der Waals surface area contributed by atoms with Crippen molar-refractivity contribution in [3.8, 4) is 0 Å². The number of nitrogens with one attached hydrogen (secondary N) is 1. The first-order chi connectivity index (χ1) is 12.0. The van der Waals surface area contributed by atoms with Crippen LogP contribution in [0.25, 0.3) is 10.9 Å². The molecular formula is C21H31N3O. The molecular weight excluding hydrogens is 310 g/mol. The number of likely N-dealkylation sites (tertiary alicyclic amines) is 1. The molecule has 1 saturated heterocycles. The number of para-hydroxylation sites is 1. The van der Waals surface area contributed by atoms with E-state index in [0.717, 1.165) is 49.2 Å². The number of piperidine rings is 1. The van der Waals surface area contributed by atoms with Crippen LogP contribution >= 0.6 is 0 Å². The molecule has 136 valence electrons. The lowest BCUT2D eigenvalue weighted by atomic mass is 9.95. The molecule has 0 unspecified atom stereocenters. The van der Waals surface area contributed by atoms with Gasteiger partial charge in [-0.1, -0.05) is 18.2 Å². The Morgan fingerprint density at radius 2 is 1.96 bits per heavy atom. The van der Waals surface area contributed by atoms with Crippen molar-refractivity contribution in [3.63, 3.8) is 0 Å². The zero-order valence-electron chi connectivity index (χ0n) is 16.0. The zero-order chi connectivity index (χ0) is 18.0. The second-order valence-corrected chi connectivity index (χ2v) is 7.81. The quantitative estimate of drug-likeness (QED) is 0.902. The van der Waals surface area contributed by atoms with E-state index >= 15 is 0 Å². The molecule has 3 rings (SSSR count). The number of aromatic nitrogens is 1. The normalized spacial score (nSPS) is 16.3. The monoisotopic (exact) mass is 341 g/mol. The Morgan fingerprint density at radius 3 is 2.64 bits per heavy atom. The second kappa shape index (κ2) is 7.61. The summed E-state index contributed by atoms with van der Waals surface area (Å²) >= 11 is 0. The van der Waals surface area contributed by atoms with Crippen LogP contribution in [0, 0.1) is 12.8 Å². The van der Waals surface area contributed by atoms with Gasteiger partial charge in [-0.3, -0.25) is 4.79 Å². The first-order valence-corrected chi connectivity index (χ1v) is 9.50. The lowest BCUT2D eigenvalue weighted by Crippen LogP contribution is -2.42. The molecule has 1 aromatic heterocycles. The molecule has 0 spiro atoms. The average Bonchev–Trinajstić information content (AvgIpc) is 2.91. The highest BCUT2D eigenvalue weighted by atomic mass is 16.2. The van der Waals surface area contributed by atoms with E-state index in [1.165, 1.54) is 5.39 Å². The largest absolute Gasteiger partial charge is 0.358 e. The summed E-state index contributed by atoms with van der Waals surface area (Å²) in [4.78, 5) is 20.7. The van der Waals surface area contributed by atoms with Crippen LogP contribution in [0.4, 0.5) is 0 Å². The molecule has 0 radical (unpaired) electrons. The SMILES string of the molecule is Cc1[nH]c2ccccc2c1CC(=O)N1CCC(CN(C)C(C)C)CC1. The van der Waals surface area contributed by atoms with Crippen molar-refractivity contribution in [2.45, 2.75) is 46.1 Å². The Bertz CT molecular complexity index is 726. The van der Waals surface area contributed by atoms with Crippen molar-refractivity contribution in [1.29, 1.82) is 0 Å². The number of amides is 1. The molecule has 0 atom stereocenters. The number of carbonyl (C=O) groups is 1. The summed E-state index contributed by atoms with van der Waals surface area (Å²) in [6.45, 7) is 9.48. The van der Waals surface area contributed by atoms with Crippen LogP contribution in [-0.2, 0) is 11.2 Å². The summed E-state index contributed by atoms with van der Waals surface area (Å²) in [6.07, 6.45) is 2.75. The second-order valence-electron chi connectivity index (χ2n) is 7.81. The number of aryl methyl sites for hydroxylation is 1. The van der Waals surface area contributed by atoms with Gasteiger partial charge in [0.15, 0.2) is 0 Å². The van der Waals surface area contributed by atoms with E-state index in [1.807, 2.05) is 12.1 Å². The summed E-state index contributed by atoms with van der Waals surface area (Å²) in [6, 6.07) is 8.84. The van der Waals surface area contributed by atoms with E-state index in [-0.39, 0.29) is 5.91 Å². The van der Waals surface area contributed by atoms with Gasteiger partial charge in [-0.25, -0.2) is 0 Å². The van der Waals surface area contributed by atoms with Gasteiger partial charge < -0.3 is 14.8 Å². The van der Waals surface area contributed by atoms with Crippen LogP contribution in [0.3, 0.4) is 0 Å². The molecule has 0 aliphatic carbocycles.